The molecule has 0 aliphatic heterocycles. The zero-order valence-electron chi connectivity index (χ0n) is 11.7. The molecule has 0 N–H and O–H groups in total. The van der Waals surface area contributed by atoms with Gasteiger partial charge < -0.3 is 0 Å². The Labute approximate surface area is 137 Å². The number of nitro benzene ring substituents is 5. The Hall–Kier alpha value is -4.64. The topological polar surface area (TPSA) is 259 Å². The largest absolute Gasteiger partial charge is 0.437 e. The zero-order valence-corrected chi connectivity index (χ0v) is 11.7. The van der Waals surface area contributed by atoms with Crippen LogP contribution in [0.4, 0.5) is 28.4 Å². The number of hydrogen-bond acceptors (Lipinski definition) is 12. The molecule has 0 bridgehead atoms. The lowest BCUT2D eigenvalue weighted by Gasteiger charge is -2.03. The van der Waals surface area contributed by atoms with Crippen LogP contribution in [0.1, 0.15) is 5.56 Å². The molecule has 18 heteroatoms. The third-order valence-corrected chi connectivity index (χ3v) is 2.68. The first-order chi connectivity index (χ1) is 11.9. The van der Waals surface area contributed by atoms with E-state index in [1.165, 1.54) is 0 Å². The monoisotopic (exact) mass is 374 g/mol. The van der Waals surface area contributed by atoms with Crippen molar-refractivity contribution in [3.63, 3.8) is 0 Å². The van der Waals surface area contributed by atoms with Gasteiger partial charge in [-0.3, -0.25) is 60.7 Å². The van der Waals surface area contributed by atoms with Crippen molar-refractivity contribution in [3.05, 3.63) is 72.4 Å². The second-order valence-electron chi connectivity index (χ2n) is 4.04. The Balaban J connectivity index is 4.44. The molecule has 0 heterocycles. The highest BCUT2D eigenvalue weighted by molar-refractivity contribution is 5.90. The van der Waals surface area contributed by atoms with Crippen LogP contribution in [0.5, 0.6) is 0 Å². The maximum atomic E-state index is 11.1. The van der Waals surface area contributed by atoms with Crippen molar-refractivity contribution < 1.29 is 29.5 Å². The lowest BCUT2D eigenvalue weighted by atomic mass is 10.0. The van der Waals surface area contributed by atoms with Gasteiger partial charge in [-0.2, -0.15) is 0 Å². The summed E-state index contributed by atoms with van der Waals surface area (Å²) in [5, 5.41) is 65.7. The minimum atomic E-state index is -2.10. The van der Waals surface area contributed by atoms with Crippen LogP contribution in [0.2, 0.25) is 0 Å². The van der Waals surface area contributed by atoms with E-state index in [4.69, 9.17) is 0 Å². The van der Waals surface area contributed by atoms with E-state index >= 15 is 0 Å². The molecule has 26 heavy (non-hydrogen) atoms. The van der Waals surface area contributed by atoms with E-state index in [9.17, 15) is 60.7 Å². The van der Waals surface area contributed by atoms with Crippen molar-refractivity contribution in [2.75, 3.05) is 0 Å². The van der Waals surface area contributed by atoms with Gasteiger partial charge in [-0.25, -0.2) is 0 Å². The smallest absolute Gasteiger partial charge is 0.259 e. The van der Waals surface area contributed by atoms with E-state index in [-0.39, 0.29) is 12.3 Å². The maximum absolute atomic E-state index is 11.1. The first-order valence-corrected chi connectivity index (χ1v) is 5.69. The minimum Gasteiger partial charge on any atom is -0.259 e. The van der Waals surface area contributed by atoms with Crippen molar-refractivity contribution in [1.82, 2.24) is 0 Å². The van der Waals surface area contributed by atoms with Gasteiger partial charge in [0.25, 0.3) is 0 Å². The van der Waals surface area contributed by atoms with Crippen LogP contribution >= 0.6 is 0 Å². The van der Waals surface area contributed by atoms with Gasteiger partial charge in [0.05, 0.1) is 29.5 Å². The molecular weight excluding hydrogens is 372 g/mol. The van der Waals surface area contributed by atoms with Gasteiger partial charge in [0.1, 0.15) is 0 Å². The fourth-order valence-corrected chi connectivity index (χ4v) is 1.89. The third kappa shape index (κ3) is 3.32. The molecule has 0 saturated heterocycles. The number of nitrogens with zero attached hydrogens (tertiary/aromatic N) is 6. The van der Waals surface area contributed by atoms with Crippen LogP contribution in [0.3, 0.4) is 0 Å². The first kappa shape index (κ1) is 19.4. The summed E-state index contributed by atoms with van der Waals surface area (Å²) in [7, 11) is 0. The van der Waals surface area contributed by atoms with E-state index in [2.05, 4.69) is 0 Å². The lowest BCUT2D eigenvalue weighted by Crippen LogP contribution is -2.10. The van der Waals surface area contributed by atoms with Gasteiger partial charge in [-0.1, -0.05) is 0 Å². The molecular formula is C8H2N6O12. The second-order valence-corrected chi connectivity index (χ2v) is 4.04. The standard InChI is InChI=1S/C8H2N6O12/c15-9(16)2-1-3-4(10(17)18)6(12(21)22)8(14(25)26)7(13(23)24)5(3)11(19)20/h1-2H/b2-1+. The van der Waals surface area contributed by atoms with Gasteiger partial charge in [-0.15, -0.1) is 0 Å². The summed E-state index contributed by atoms with van der Waals surface area (Å²) < 4.78 is 0. The molecule has 0 aliphatic carbocycles. The van der Waals surface area contributed by atoms with Gasteiger partial charge in [-0.05, 0) is 0 Å². The molecule has 0 fully saturated rings. The number of nitro groups is 6. The highest BCUT2D eigenvalue weighted by Crippen LogP contribution is 2.52. The van der Waals surface area contributed by atoms with Gasteiger partial charge >= 0.3 is 28.4 Å². The number of benzene rings is 1. The molecule has 0 radical (unpaired) electrons. The van der Waals surface area contributed by atoms with Crippen LogP contribution < -0.4 is 0 Å². The van der Waals surface area contributed by atoms with Crippen molar-refractivity contribution in [1.29, 1.82) is 0 Å². The number of hydrogen-bond donors (Lipinski definition) is 0. The Morgan fingerprint density at radius 2 is 0.769 bits per heavy atom. The van der Waals surface area contributed by atoms with E-state index in [0.29, 0.717) is 0 Å². The maximum Gasteiger partial charge on any atom is 0.437 e. The second kappa shape index (κ2) is 6.86. The van der Waals surface area contributed by atoms with Crippen LogP contribution in [0.15, 0.2) is 6.20 Å². The van der Waals surface area contributed by atoms with Crippen molar-refractivity contribution in [2.24, 2.45) is 0 Å². The van der Waals surface area contributed by atoms with Gasteiger partial charge in [0.15, 0.2) is 5.56 Å². The quantitative estimate of drug-likeness (QED) is 0.485. The van der Waals surface area contributed by atoms with Crippen molar-refractivity contribution in [2.45, 2.75) is 0 Å². The van der Waals surface area contributed by atoms with E-state index < -0.39 is 63.5 Å². The Bertz CT molecular complexity index is 866. The molecule has 0 spiro atoms. The summed E-state index contributed by atoms with van der Waals surface area (Å²) in [6, 6.07) is 0. The molecule has 1 rings (SSSR count). The van der Waals surface area contributed by atoms with Gasteiger partial charge in [0, 0.05) is 6.08 Å². The molecule has 0 aromatic heterocycles. The SMILES string of the molecule is O=[N+]([O-])/C=C/c1c([N+](=O)[O-])c([N+](=O)[O-])c([N+](=O)[O-])c([N+](=O)[O-])c1[N+](=O)[O-]. The highest BCUT2D eigenvalue weighted by atomic mass is 16.7. The van der Waals surface area contributed by atoms with E-state index in [1.807, 2.05) is 0 Å². The molecule has 1 aromatic carbocycles. The fourth-order valence-electron chi connectivity index (χ4n) is 1.89. The summed E-state index contributed by atoms with van der Waals surface area (Å²) in [6.45, 7) is 0. The lowest BCUT2D eigenvalue weighted by molar-refractivity contribution is -0.460. The predicted molar refractivity (Wildman–Crippen MR) is 75.7 cm³/mol. The fraction of sp³-hybridized carbons (Fsp3) is 0. The van der Waals surface area contributed by atoms with Crippen LogP contribution in [0, 0.1) is 60.7 Å². The molecule has 0 unspecified atom stereocenters. The molecule has 0 amide bonds. The Morgan fingerprint density at radius 1 is 0.500 bits per heavy atom. The average molecular weight is 374 g/mol. The number of rotatable bonds is 7. The highest BCUT2D eigenvalue weighted by Gasteiger charge is 2.53. The summed E-state index contributed by atoms with van der Waals surface area (Å²) in [4.78, 5) is 55.9. The third-order valence-electron chi connectivity index (χ3n) is 2.68. The Morgan fingerprint density at radius 3 is 1.00 bits per heavy atom. The first-order valence-electron chi connectivity index (χ1n) is 5.69. The average Bonchev–Trinajstić information content (AvgIpc) is 2.49. The summed E-state index contributed by atoms with van der Waals surface area (Å²) in [5.41, 5.74) is -11.4. The molecule has 136 valence electrons. The molecule has 1 aromatic rings. The van der Waals surface area contributed by atoms with Crippen LogP contribution in [0.25, 0.3) is 6.08 Å². The molecule has 0 aliphatic rings. The van der Waals surface area contributed by atoms with Crippen LogP contribution in [-0.4, -0.2) is 29.5 Å². The Kier molecular flexibility index (Phi) is 5.12. The molecule has 18 nitrogen and oxygen atoms in total. The van der Waals surface area contributed by atoms with Crippen molar-refractivity contribution in [3.8, 4) is 0 Å². The zero-order chi connectivity index (χ0) is 20.3. The molecule has 0 saturated carbocycles. The van der Waals surface area contributed by atoms with E-state index in [1.54, 1.807) is 0 Å². The summed E-state index contributed by atoms with van der Waals surface area (Å²) >= 11 is 0. The normalized spacial score (nSPS) is 10.5. The van der Waals surface area contributed by atoms with Crippen molar-refractivity contribution >= 4 is 34.5 Å². The summed E-state index contributed by atoms with van der Waals surface area (Å²) in [5.74, 6) is 0. The predicted octanol–water partition coefficient (Wildman–Crippen LogP) is 1.47. The minimum absolute atomic E-state index is 0.0278. The van der Waals surface area contributed by atoms with Gasteiger partial charge in [0.2, 0.25) is 6.20 Å². The van der Waals surface area contributed by atoms with E-state index in [0.717, 1.165) is 0 Å². The summed E-state index contributed by atoms with van der Waals surface area (Å²) in [6.07, 6.45) is -0.0887. The molecule has 0 atom stereocenters. The van der Waals surface area contributed by atoms with Crippen LogP contribution in [-0.2, 0) is 0 Å².